The second-order valence-electron chi connectivity index (χ2n) is 3.66. The van der Waals surface area contributed by atoms with Crippen molar-refractivity contribution in [3.8, 4) is 0 Å². The Morgan fingerprint density at radius 3 is 2.56 bits per heavy atom. The van der Waals surface area contributed by atoms with Crippen LogP contribution in [0.4, 0.5) is 0 Å². The first-order chi connectivity index (χ1) is 7.66. The van der Waals surface area contributed by atoms with Crippen molar-refractivity contribution in [2.24, 2.45) is 5.73 Å². The van der Waals surface area contributed by atoms with Gasteiger partial charge < -0.3 is 10.5 Å². The maximum Gasteiger partial charge on any atom is 0.249 e. The van der Waals surface area contributed by atoms with Gasteiger partial charge in [0.25, 0.3) is 0 Å². The zero-order chi connectivity index (χ0) is 12.0. The van der Waals surface area contributed by atoms with Crippen LogP contribution in [-0.2, 0) is 14.3 Å². The van der Waals surface area contributed by atoms with Crippen molar-refractivity contribution in [2.75, 3.05) is 0 Å². The lowest BCUT2D eigenvalue weighted by atomic mass is 10.1. The summed E-state index contributed by atoms with van der Waals surface area (Å²) in [6.07, 6.45) is 8.68. The Labute approximate surface area is 95.1 Å². The van der Waals surface area contributed by atoms with Crippen LogP contribution >= 0.6 is 0 Å². The van der Waals surface area contributed by atoms with E-state index in [-0.39, 0.29) is 5.78 Å². The smallest absolute Gasteiger partial charge is 0.249 e. The molecule has 4 nitrogen and oxygen atoms in total. The molecule has 0 aromatic carbocycles. The van der Waals surface area contributed by atoms with E-state index in [9.17, 15) is 9.59 Å². The van der Waals surface area contributed by atoms with Gasteiger partial charge in [-0.05, 0) is 19.8 Å². The third kappa shape index (κ3) is 3.98. The summed E-state index contributed by atoms with van der Waals surface area (Å²) in [5.41, 5.74) is 5.00. The number of rotatable bonds is 7. The van der Waals surface area contributed by atoms with Gasteiger partial charge in [0, 0.05) is 6.42 Å². The molecule has 0 bridgehead atoms. The Morgan fingerprint density at radius 2 is 2.00 bits per heavy atom. The van der Waals surface area contributed by atoms with Gasteiger partial charge in [-0.25, -0.2) is 0 Å². The third-order valence-electron chi connectivity index (χ3n) is 2.32. The van der Waals surface area contributed by atoms with Crippen LogP contribution in [0.5, 0.6) is 0 Å². The number of amides is 1. The molecule has 0 aromatic rings. The molecule has 1 fully saturated rings. The van der Waals surface area contributed by atoms with Crippen molar-refractivity contribution in [2.45, 2.75) is 38.4 Å². The van der Waals surface area contributed by atoms with E-state index in [1.165, 1.54) is 0 Å². The molecule has 88 valence electrons. The summed E-state index contributed by atoms with van der Waals surface area (Å²) in [5.74, 6) is -0.596. The van der Waals surface area contributed by atoms with Gasteiger partial charge in [0.1, 0.15) is 0 Å². The summed E-state index contributed by atoms with van der Waals surface area (Å²) >= 11 is 0. The van der Waals surface area contributed by atoms with Crippen molar-refractivity contribution < 1.29 is 14.3 Å². The highest BCUT2D eigenvalue weighted by Crippen LogP contribution is 2.24. The van der Waals surface area contributed by atoms with Crippen molar-refractivity contribution >= 4 is 11.7 Å². The summed E-state index contributed by atoms with van der Waals surface area (Å²) in [6, 6.07) is 0. The highest BCUT2D eigenvalue weighted by molar-refractivity contribution is 5.95. The molecule has 4 heteroatoms. The molecule has 1 aliphatic rings. The van der Waals surface area contributed by atoms with Gasteiger partial charge in [0.15, 0.2) is 18.0 Å². The van der Waals surface area contributed by atoms with Gasteiger partial charge >= 0.3 is 0 Å². The molecule has 1 rings (SSSR count). The average Bonchev–Trinajstić information content (AvgIpc) is 3.02. The molecule has 1 amide bonds. The number of carbonyl (C=O) groups excluding carboxylic acids is 2. The minimum Gasteiger partial charge on any atom is -0.367 e. The van der Waals surface area contributed by atoms with Crippen LogP contribution in [0, 0.1) is 0 Å². The van der Waals surface area contributed by atoms with Crippen LogP contribution < -0.4 is 5.73 Å². The second kappa shape index (κ2) is 6.23. The van der Waals surface area contributed by atoms with Gasteiger partial charge in [-0.1, -0.05) is 24.3 Å². The number of ether oxygens (including phenoxy) is 1. The monoisotopic (exact) mass is 223 g/mol. The zero-order valence-electron chi connectivity index (χ0n) is 9.39. The predicted octanol–water partition coefficient (Wildman–Crippen LogP) is 1.11. The van der Waals surface area contributed by atoms with Gasteiger partial charge in [-0.15, -0.1) is 0 Å². The average molecular weight is 223 g/mol. The Morgan fingerprint density at radius 1 is 1.25 bits per heavy atom. The minimum absolute atomic E-state index is 0.0421. The molecule has 0 unspecified atom stereocenters. The van der Waals surface area contributed by atoms with Crippen molar-refractivity contribution in [1.29, 1.82) is 0 Å². The summed E-state index contributed by atoms with van der Waals surface area (Å²) in [5, 5.41) is 0. The van der Waals surface area contributed by atoms with E-state index in [2.05, 4.69) is 0 Å². The number of primary amides is 1. The molecule has 1 heterocycles. The van der Waals surface area contributed by atoms with Crippen LogP contribution in [0.15, 0.2) is 24.3 Å². The van der Waals surface area contributed by atoms with E-state index in [1.54, 1.807) is 0 Å². The first kappa shape index (κ1) is 12.6. The lowest BCUT2D eigenvalue weighted by Gasteiger charge is -1.92. The van der Waals surface area contributed by atoms with E-state index in [0.717, 1.165) is 6.42 Å². The van der Waals surface area contributed by atoms with Crippen molar-refractivity contribution in [1.82, 2.24) is 0 Å². The number of ketones is 1. The summed E-state index contributed by atoms with van der Waals surface area (Å²) < 4.78 is 4.88. The SMILES string of the molecule is C/C=C/C/C=C/CCC(=O)[C@@H]1O[C@H]1C(N)=O. The molecule has 16 heavy (non-hydrogen) atoms. The maximum atomic E-state index is 11.4. The summed E-state index contributed by atoms with van der Waals surface area (Å²) in [7, 11) is 0. The number of Topliss-reactive ketones (excluding diaryl/α,β-unsaturated/α-hetero) is 1. The predicted molar refractivity (Wildman–Crippen MR) is 60.7 cm³/mol. The summed E-state index contributed by atoms with van der Waals surface area (Å²) in [4.78, 5) is 22.1. The standard InChI is InChI=1S/C12H17NO3/c1-2-3-4-5-6-7-8-9(14)10-11(16-10)12(13)15/h2-3,5-6,10-11H,4,7-8H2,1H3,(H2,13,15)/b3-2+,6-5+/t10-,11+/m0/s1. The van der Waals surface area contributed by atoms with Gasteiger partial charge in [0.2, 0.25) is 5.91 Å². The number of nitrogens with two attached hydrogens (primary N) is 1. The van der Waals surface area contributed by atoms with Crippen LogP contribution in [-0.4, -0.2) is 23.9 Å². The second-order valence-corrected chi connectivity index (χ2v) is 3.66. The largest absolute Gasteiger partial charge is 0.367 e. The Balaban J connectivity index is 2.12. The highest BCUT2D eigenvalue weighted by Gasteiger charge is 2.48. The van der Waals surface area contributed by atoms with Crippen LogP contribution in [0.25, 0.3) is 0 Å². The molecule has 0 spiro atoms. The van der Waals surface area contributed by atoms with E-state index in [4.69, 9.17) is 10.5 Å². The Bertz CT molecular complexity index is 320. The lowest BCUT2D eigenvalue weighted by molar-refractivity contribution is -0.121. The van der Waals surface area contributed by atoms with E-state index >= 15 is 0 Å². The topological polar surface area (TPSA) is 72.7 Å². The number of hydrogen-bond acceptors (Lipinski definition) is 3. The molecule has 0 aromatic heterocycles. The van der Waals surface area contributed by atoms with E-state index in [1.807, 2.05) is 31.2 Å². The molecule has 2 atom stereocenters. The zero-order valence-corrected chi connectivity index (χ0v) is 9.39. The van der Waals surface area contributed by atoms with Crippen molar-refractivity contribution in [3.63, 3.8) is 0 Å². The fourth-order valence-corrected chi connectivity index (χ4v) is 1.37. The number of epoxide rings is 1. The van der Waals surface area contributed by atoms with Crippen LogP contribution in [0.3, 0.4) is 0 Å². The first-order valence-electron chi connectivity index (χ1n) is 5.40. The molecule has 0 radical (unpaired) electrons. The van der Waals surface area contributed by atoms with Gasteiger partial charge in [-0.3, -0.25) is 9.59 Å². The van der Waals surface area contributed by atoms with E-state index in [0.29, 0.717) is 12.8 Å². The van der Waals surface area contributed by atoms with Gasteiger partial charge in [-0.2, -0.15) is 0 Å². The fourth-order valence-electron chi connectivity index (χ4n) is 1.37. The molecule has 0 aliphatic carbocycles. The molecule has 1 saturated heterocycles. The molecular weight excluding hydrogens is 206 g/mol. The van der Waals surface area contributed by atoms with Crippen molar-refractivity contribution in [3.05, 3.63) is 24.3 Å². The maximum absolute atomic E-state index is 11.4. The van der Waals surface area contributed by atoms with E-state index < -0.39 is 18.1 Å². The minimum atomic E-state index is -0.681. The number of carbonyl (C=O) groups is 2. The van der Waals surface area contributed by atoms with Gasteiger partial charge in [0.05, 0.1) is 0 Å². The summed E-state index contributed by atoms with van der Waals surface area (Å²) in [6.45, 7) is 1.96. The quantitative estimate of drug-likeness (QED) is 0.519. The molecule has 1 aliphatic heterocycles. The third-order valence-corrected chi connectivity index (χ3v) is 2.32. The fraction of sp³-hybridized carbons (Fsp3) is 0.500. The molecule has 0 saturated carbocycles. The normalized spacial score (nSPS) is 24.1. The van der Waals surface area contributed by atoms with Crippen LogP contribution in [0.2, 0.25) is 0 Å². The Hall–Kier alpha value is -1.42. The Kier molecular flexibility index (Phi) is 4.92. The molecular formula is C12H17NO3. The number of allylic oxidation sites excluding steroid dienone is 4. The molecule has 2 N–H and O–H groups in total. The van der Waals surface area contributed by atoms with Crippen LogP contribution in [0.1, 0.15) is 26.2 Å². The lowest BCUT2D eigenvalue weighted by Crippen LogP contribution is -2.22. The first-order valence-corrected chi connectivity index (χ1v) is 5.40. The highest BCUT2D eigenvalue weighted by atomic mass is 16.6. The number of hydrogen-bond donors (Lipinski definition) is 1.